The van der Waals surface area contributed by atoms with Crippen molar-refractivity contribution < 1.29 is 17.9 Å². The molecule has 0 heterocycles. The van der Waals surface area contributed by atoms with E-state index >= 15 is 0 Å². The summed E-state index contributed by atoms with van der Waals surface area (Å²) < 4.78 is 39.9. The first-order valence-corrected chi connectivity index (χ1v) is 5.55. The molecular formula is C14H9F3N2O. The molecule has 2 aromatic carbocycles. The van der Waals surface area contributed by atoms with Crippen molar-refractivity contribution in [1.29, 1.82) is 5.26 Å². The maximum Gasteiger partial charge on any atom is 0.573 e. The highest BCUT2D eigenvalue weighted by molar-refractivity contribution is 5.77. The van der Waals surface area contributed by atoms with Crippen LogP contribution >= 0.6 is 0 Å². The maximum atomic E-state index is 12.0. The van der Waals surface area contributed by atoms with Gasteiger partial charge in [0.05, 0.1) is 11.6 Å². The lowest BCUT2D eigenvalue weighted by molar-refractivity contribution is -0.274. The van der Waals surface area contributed by atoms with Crippen LogP contribution in [-0.2, 0) is 0 Å². The zero-order valence-electron chi connectivity index (χ0n) is 10.1. The lowest BCUT2D eigenvalue weighted by Crippen LogP contribution is -2.16. The summed E-state index contributed by atoms with van der Waals surface area (Å²) in [5.74, 6) is -0.298. The molecule has 0 saturated carbocycles. The van der Waals surface area contributed by atoms with Crippen LogP contribution in [0.25, 0.3) is 11.1 Å². The van der Waals surface area contributed by atoms with E-state index in [0.29, 0.717) is 22.4 Å². The minimum Gasteiger partial charge on any atom is -0.406 e. The van der Waals surface area contributed by atoms with Gasteiger partial charge in [-0.15, -0.1) is 13.2 Å². The molecule has 0 saturated heterocycles. The van der Waals surface area contributed by atoms with Gasteiger partial charge in [0.2, 0.25) is 0 Å². The monoisotopic (exact) mass is 278 g/mol. The van der Waals surface area contributed by atoms with Gasteiger partial charge in [0.1, 0.15) is 5.75 Å². The fourth-order valence-electron chi connectivity index (χ4n) is 1.73. The number of rotatable bonds is 2. The molecule has 20 heavy (non-hydrogen) atoms. The number of nitrogens with zero attached hydrogens (tertiary/aromatic N) is 1. The molecule has 0 aliphatic carbocycles. The Bertz CT molecular complexity index is 658. The summed E-state index contributed by atoms with van der Waals surface area (Å²) in [6.45, 7) is 0. The highest BCUT2D eigenvalue weighted by atomic mass is 19.4. The summed E-state index contributed by atoms with van der Waals surface area (Å²) >= 11 is 0. The standard InChI is InChI=1S/C14H9F3N2O/c15-14(16,17)20-11-4-2-10(3-5-11)12-6-1-9(8-18)7-13(12)19/h1-7H,19H2. The molecule has 0 radical (unpaired) electrons. The number of nitrogen functional groups attached to an aromatic ring is 1. The number of nitrogens with two attached hydrogens (primary N) is 1. The molecule has 0 aromatic heterocycles. The van der Waals surface area contributed by atoms with Gasteiger partial charge in [0.25, 0.3) is 0 Å². The van der Waals surface area contributed by atoms with E-state index in [-0.39, 0.29) is 5.75 Å². The molecule has 0 bridgehead atoms. The fourth-order valence-corrected chi connectivity index (χ4v) is 1.73. The molecular weight excluding hydrogens is 269 g/mol. The van der Waals surface area contributed by atoms with E-state index in [0.717, 1.165) is 0 Å². The average molecular weight is 278 g/mol. The van der Waals surface area contributed by atoms with Gasteiger partial charge in [0.15, 0.2) is 0 Å². The normalized spacial score (nSPS) is 10.9. The Balaban J connectivity index is 2.29. The third-order valence-corrected chi connectivity index (χ3v) is 2.58. The lowest BCUT2D eigenvalue weighted by Gasteiger charge is -2.10. The summed E-state index contributed by atoms with van der Waals surface area (Å²) in [7, 11) is 0. The van der Waals surface area contributed by atoms with Crippen LogP contribution in [-0.4, -0.2) is 6.36 Å². The third-order valence-electron chi connectivity index (χ3n) is 2.58. The van der Waals surface area contributed by atoms with Crippen LogP contribution in [0.2, 0.25) is 0 Å². The van der Waals surface area contributed by atoms with Crippen LogP contribution in [0.3, 0.4) is 0 Å². The van der Waals surface area contributed by atoms with Crippen LogP contribution in [0, 0.1) is 11.3 Å². The molecule has 6 heteroatoms. The predicted molar refractivity (Wildman–Crippen MR) is 67.7 cm³/mol. The van der Waals surface area contributed by atoms with E-state index in [1.807, 2.05) is 6.07 Å². The van der Waals surface area contributed by atoms with Crippen LogP contribution in [0.1, 0.15) is 5.56 Å². The SMILES string of the molecule is N#Cc1ccc(-c2ccc(OC(F)(F)F)cc2)c(N)c1. The van der Waals surface area contributed by atoms with Crippen molar-refractivity contribution in [1.82, 2.24) is 0 Å². The maximum absolute atomic E-state index is 12.0. The van der Waals surface area contributed by atoms with E-state index < -0.39 is 6.36 Å². The first-order valence-electron chi connectivity index (χ1n) is 5.55. The zero-order valence-corrected chi connectivity index (χ0v) is 10.1. The van der Waals surface area contributed by atoms with E-state index in [1.54, 1.807) is 12.1 Å². The average Bonchev–Trinajstić information content (AvgIpc) is 2.38. The fraction of sp³-hybridized carbons (Fsp3) is 0.0714. The number of anilines is 1. The van der Waals surface area contributed by atoms with Gasteiger partial charge in [-0.1, -0.05) is 18.2 Å². The largest absolute Gasteiger partial charge is 0.573 e. The lowest BCUT2D eigenvalue weighted by atomic mass is 10.0. The quantitative estimate of drug-likeness (QED) is 0.852. The summed E-state index contributed by atoms with van der Waals surface area (Å²) in [6.07, 6.45) is -4.71. The third kappa shape index (κ3) is 3.20. The molecule has 2 aromatic rings. The van der Waals surface area contributed by atoms with Gasteiger partial charge in [0, 0.05) is 11.3 Å². The van der Waals surface area contributed by atoms with Crippen LogP contribution in [0.15, 0.2) is 42.5 Å². The van der Waals surface area contributed by atoms with Crippen molar-refractivity contribution in [2.24, 2.45) is 0 Å². The first kappa shape index (κ1) is 13.7. The molecule has 0 aliphatic heterocycles. The highest BCUT2D eigenvalue weighted by Crippen LogP contribution is 2.29. The Hall–Kier alpha value is -2.68. The van der Waals surface area contributed by atoms with E-state index in [4.69, 9.17) is 11.0 Å². The van der Waals surface area contributed by atoms with Gasteiger partial charge in [-0.3, -0.25) is 0 Å². The number of benzene rings is 2. The molecule has 0 aliphatic rings. The molecule has 0 spiro atoms. The smallest absolute Gasteiger partial charge is 0.406 e. The Labute approximate surface area is 113 Å². The van der Waals surface area contributed by atoms with Gasteiger partial charge < -0.3 is 10.5 Å². The predicted octanol–water partition coefficient (Wildman–Crippen LogP) is 3.71. The molecule has 0 fully saturated rings. The van der Waals surface area contributed by atoms with Gasteiger partial charge in [-0.25, -0.2) is 0 Å². The first-order chi connectivity index (χ1) is 9.39. The molecule has 0 unspecified atom stereocenters. The second-order valence-corrected chi connectivity index (χ2v) is 3.99. The van der Waals surface area contributed by atoms with Crippen LogP contribution < -0.4 is 10.5 Å². The van der Waals surface area contributed by atoms with E-state index in [9.17, 15) is 13.2 Å². The number of ether oxygens (including phenoxy) is 1. The van der Waals surface area contributed by atoms with E-state index in [2.05, 4.69) is 4.74 Å². The van der Waals surface area contributed by atoms with Crippen molar-refractivity contribution in [2.75, 3.05) is 5.73 Å². The Kier molecular flexibility index (Phi) is 3.53. The Morgan fingerprint density at radius 2 is 1.70 bits per heavy atom. The summed E-state index contributed by atoms with van der Waals surface area (Å²) in [5, 5.41) is 8.74. The van der Waals surface area contributed by atoms with Gasteiger partial charge in [-0.05, 0) is 29.8 Å². The van der Waals surface area contributed by atoms with Gasteiger partial charge >= 0.3 is 6.36 Å². The number of nitriles is 1. The highest BCUT2D eigenvalue weighted by Gasteiger charge is 2.30. The van der Waals surface area contributed by atoms with Crippen molar-refractivity contribution >= 4 is 5.69 Å². The molecule has 0 atom stereocenters. The second-order valence-electron chi connectivity index (χ2n) is 3.99. The van der Waals surface area contributed by atoms with Crippen LogP contribution in [0.4, 0.5) is 18.9 Å². The van der Waals surface area contributed by atoms with E-state index in [1.165, 1.54) is 30.3 Å². The van der Waals surface area contributed by atoms with Crippen LogP contribution in [0.5, 0.6) is 5.75 Å². The topological polar surface area (TPSA) is 59.0 Å². The van der Waals surface area contributed by atoms with Crippen molar-refractivity contribution in [3.8, 4) is 22.9 Å². The number of alkyl halides is 3. The number of halogens is 3. The second kappa shape index (κ2) is 5.13. The Morgan fingerprint density at radius 1 is 1.05 bits per heavy atom. The molecule has 2 N–H and O–H groups in total. The summed E-state index contributed by atoms with van der Waals surface area (Å²) in [5.41, 5.74) is 7.89. The summed E-state index contributed by atoms with van der Waals surface area (Å²) in [6, 6.07) is 12.1. The molecule has 0 amide bonds. The van der Waals surface area contributed by atoms with Crippen molar-refractivity contribution in [3.63, 3.8) is 0 Å². The van der Waals surface area contributed by atoms with Crippen molar-refractivity contribution in [3.05, 3.63) is 48.0 Å². The molecule has 2 rings (SSSR count). The minimum absolute atomic E-state index is 0.298. The minimum atomic E-state index is -4.71. The van der Waals surface area contributed by atoms with Gasteiger partial charge in [-0.2, -0.15) is 5.26 Å². The zero-order chi connectivity index (χ0) is 14.8. The summed E-state index contributed by atoms with van der Waals surface area (Å²) in [4.78, 5) is 0. The van der Waals surface area contributed by atoms with Crippen molar-refractivity contribution in [2.45, 2.75) is 6.36 Å². The molecule has 102 valence electrons. The Morgan fingerprint density at radius 3 is 2.20 bits per heavy atom. The molecule has 3 nitrogen and oxygen atoms in total. The number of hydrogen-bond donors (Lipinski definition) is 1. The number of hydrogen-bond acceptors (Lipinski definition) is 3.